The molecule has 0 aliphatic carbocycles. The standard InChI is InChI=1S/C17H22N2O6/c1-3-24-15(21)10-9-14(17(23)25-4-2)19-16(22)12-5-7-13(8-6-12)18-11-20/h5-8,11,14H,3-4,9-10H2,1-2H3,(H,18,20)(H,19,22)/t14-/m0/s1. The molecule has 0 bridgehead atoms. The van der Waals surface area contributed by atoms with E-state index in [1.54, 1.807) is 26.0 Å². The summed E-state index contributed by atoms with van der Waals surface area (Å²) in [5, 5.41) is 5.01. The molecule has 1 atom stereocenters. The Bertz CT molecular complexity index is 600. The van der Waals surface area contributed by atoms with Crippen LogP contribution in [0.5, 0.6) is 0 Å². The van der Waals surface area contributed by atoms with Crippen LogP contribution in [-0.2, 0) is 23.9 Å². The molecule has 8 heteroatoms. The van der Waals surface area contributed by atoms with Crippen LogP contribution in [0.4, 0.5) is 5.69 Å². The van der Waals surface area contributed by atoms with E-state index in [0.717, 1.165) is 0 Å². The summed E-state index contributed by atoms with van der Waals surface area (Å²) < 4.78 is 9.75. The molecule has 0 saturated heterocycles. The number of nitrogens with one attached hydrogen (secondary N) is 2. The number of ether oxygens (including phenoxy) is 2. The van der Waals surface area contributed by atoms with Gasteiger partial charge in [-0.2, -0.15) is 0 Å². The van der Waals surface area contributed by atoms with Gasteiger partial charge in [-0.25, -0.2) is 4.79 Å². The van der Waals surface area contributed by atoms with Crippen LogP contribution < -0.4 is 10.6 Å². The fourth-order valence-corrected chi connectivity index (χ4v) is 2.01. The SMILES string of the molecule is CCOC(=O)CC[C@H](NC(=O)c1ccc(NC=O)cc1)C(=O)OCC. The summed E-state index contributed by atoms with van der Waals surface area (Å²) in [7, 11) is 0. The molecule has 0 aliphatic heterocycles. The molecule has 0 unspecified atom stereocenters. The third kappa shape index (κ3) is 7.03. The van der Waals surface area contributed by atoms with E-state index in [9.17, 15) is 19.2 Å². The zero-order valence-electron chi connectivity index (χ0n) is 14.2. The number of carbonyl (C=O) groups is 4. The summed E-state index contributed by atoms with van der Waals surface area (Å²) in [4.78, 5) is 46.1. The lowest BCUT2D eigenvalue weighted by Gasteiger charge is -2.17. The minimum atomic E-state index is -0.954. The largest absolute Gasteiger partial charge is 0.466 e. The highest BCUT2D eigenvalue weighted by atomic mass is 16.5. The van der Waals surface area contributed by atoms with Gasteiger partial charge in [0.15, 0.2) is 0 Å². The van der Waals surface area contributed by atoms with E-state index in [0.29, 0.717) is 17.7 Å². The zero-order valence-corrected chi connectivity index (χ0v) is 14.2. The van der Waals surface area contributed by atoms with Crippen molar-refractivity contribution in [2.24, 2.45) is 0 Å². The average molecular weight is 350 g/mol. The van der Waals surface area contributed by atoms with Crippen molar-refractivity contribution in [2.45, 2.75) is 32.7 Å². The number of hydrogen-bond donors (Lipinski definition) is 2. The Balaban J connectivity index is 2.74. The molecular formula is C17H22N2O6. The summed E-state index contributed by atoms with van der Waals surface area (Å²) in [5.74, 6) is -1.55. The van der Waals surface area contributed by atoms with Gasteiger partial charge in [0.05, 0.1) is 13.2 Å². The van der Waals surface area contributed by atoms with Crippen LogP contribution >= 0.6 is 0 Å². The summed E-state index contributed by atoms with van der Waals surface area (Å²) in [5.41, 5.74) is 0.845. The number of anilines is 1. The second-order valence-electron chi connectivity index (χ2n) is 4.96. The minimum absolute atomic E-state index is 0.0141. The molecule has 0 fully saturated rings. The Morgan fingerprint density at radius 1 is 1.08 bits per heavy atom. The molecule has 1 aromatic rings. The van der Waals surface area contributed by atoms with E-state index in [1.165, 1.54) is 12.1 Å². The molecule has 2 N–H and O–H groups in total. The first kappa shape index (κ1) is 20.1. The van der Waals surface area contributed by atoms with Crippen molar-refractivity contribution in [3.05, 3.63) is 29.8 Å². The maximum Gasteiger partial charge on any atom is 0.328 e. The number of rotatable bonds is 10. The van der Waals surface area contributed by atoms with Gasteiger partial charge < -0.3 is 20.1 Å². The maximum atomic E-state index is 12.3. The molecule has 0 radical (unpaired) electrons. The second-order valence-corrected chi connectivity index (χ2v) is 4.96. The highest BCUT2D eigenvalue weighted by Crippen LogP contribution is 2.10. The summed E-state index contributed by atoms with van der Waals surface area (Å²) in [6.45, 7) is 3.75. The van der Waals surface area contributed by atoms with Gasteiger partial charge in [0.1, 0.15) is 6.04 Å². The number of hydrogen-bond acceptors (Lipinski definition) is 6. The maximum absolute atomic E-state index is 12.3. The molecule has 25 heavy (non-hydrogen) atoms. The molecule has 136 valence electrons. The van der Waals surface area contributed by atoms with Crippen molar-refractivity contribution in [1.82, 2.24) is 5.32 Å². The topological polar surface area (TPSA) is 111 Å². The van der Waals surface area contributed by atoms with Crippen molar-refractivity contribution in [1.29, 1.82) is 0 Å². The zero-order chi connectivity index (χ0) is 18.7. The van der Waals surface area contributed by atoms with Gasteiger partial charge in [-0.15, -0.1) is 0 Å². The third-order valence-corrected chi connectivity index (χ3v) is 3.19. The number of benzene rings is 1. The summed E-state index contributed by atoms with van der Waals surface area (Å²) in [6.07, 6.45) is 0.592. The van der Waals surface area contributed by atoms with Crippen LogP contribution in [0.15, 0.2) is 24.3 Å². The van der Waals surface area contributed by atoms with Crippen molar-refractivity contribution < 1.29 is 28.7 Å². The Morgan fingerprint density at radius 3 is 2.28 bits per heavy atom. The Kier molecular flexibility index (Phi) is 8.70. The van der Waals surface area contributed by atoms with Crippen molar-refractivity contribution in [3.63, 3.8) is 0 Å². The monoisotopic (exact) mass is 350 g/mol. The third-order valence-electron chi connectivity index (χ3n) is 3.19. The molecule has 0 heterocycles. The number of amides is 2. The lowest BCUT2D eigenvalue weighted by atomic mass is 10.1. The molecule has 1 aromatic carbocycles. The summed E-state index contributed by atoms with van der Waals surface area (Å²) in [6, 6.07) is 5.18. The Hall–Kier alpha value is -2.90. The van der Waals surface area contributed by atoms with E-state index < -0.39 is 23.9 Å². The quantitative estimate of drug-likeness (QED) is 0.485. The predicted molar refractivity (Wildman–Crippen MR) is 89.9 cm³/mol. The van der Waals surface area contributed by atoms with Gasteiger partial charge in [0, 0.05) is 17.7 Å². The highest BCUT2D eigenvalue weighted by molar-refractivity contribution is 5.97. The number of carbonyl (C=O) groups excluding carboxylic acids is 4. The number of esters is 2. The molecule has 0 saturated carbocycles. The lowest BCUT2D eigenvalue weighted by molar-refractivity contribution is -0.146. The Morgan fingerprint density at radius 2 is 1.72 bits per heavy atom. The van der Waals surface area contributed by atoms with Gasteiger partial charge in [0.25, 0.3) is 5.91 Å². The van der Waals surface area contributed by atoms with Gasteiger partial charge >= 0.3 is 11.9 Å². The molecule has 0 aliphatic rings. The highest BCUT2D eigenvalue weighted by Gasteiger charge is 2.23. The fraction of sp³-hybridized carbons (Fsp3) is 0.412. The molecule has 0 spiro atoms. The second kappa shape index (κ2) is 10.8. The van der Waals surface area contributed by atoms with Gasteiger partial charge in [-0.3, -0.25) is 14.4 Å². The fourth-order valence-electron chi connectivity index (χ4n) is 2.01. The lowest BCUT2D eigenvalue weighted by Crippen LogP contribution is -2.42. The van der Waals surface area contributed by atoms with Crippen LogP contribution in [0.25, 0.3) is 0 Å². The predicted octanol–water partition coefficient (Wildman–Crippen LogP) is 1.26. The van der Waals surface area contributed by atoms with Crippen LogP contribution in [0.1, 0.15) is 37.0 Å². The van der Waals surface area contributed by atoms with E-state index in [2.05, 4.69) is 10.6 Å². The molecule has 8 nitrogen and oxygen atoms in total. The van der Waals surface area contributed by atoms with Crippen molar-refractivity contribution >= 4 is 29.9 Å². The first-order valence-electron chi connectivity index (χ1n) is 7.95. The first-order chi connectivity index (χ1) is 12.0. The molecule has 1 rings (SSSR count). The van der Waals surface area contributed by atoms with Crippen molar-refractivity contribution in [3.8, 4) is 0 Å². The van der Waals surface area contributed by atoms with E-state index in [-0.39, 0.29) is 26.1 Å². The van der Waals surface area contributed by atoms with Gasteiger partial charge in [-0.05, 0) is 44.5 Å². The first-order valence-corrected chi connectivity index (χ1v) is 7.95. The van der Waals surface area contributed by atoms with Crippen LogP contribution in [-0.4, -0.2) is 43.5 Å². The Labute approximate surface area is 145 Å². The smallest absolute Gasteiger partial charge is 0.328 e. The van der Waals surface area contributed by atoms with Gasteiger partial charge in [0.2, 0.25) is 6.41 Å². The molecular weight excluding hydrogens is 328 g/mol. The van der Waals surface area contributed by atoms with Gasteiger partial charge in [-0.1, -0.05) is 0 Å². The van der Waals surface area contributed by atoms with E-state index >= 15 is 0 Å². The van der Waals surface area contributed by atoms with E-state index in [1.807, 2.05) is 0 Å². The summed E-state index contributed by atoms with van der Waals surface area (Å²) >= 11 is 0. The van der Waals surface area contributed by atoms with Crippen LogP contribution in [0.2, 0.25) is 0 Å². The molecule has 0 aromatic heterocycles. The van der Waals surface area contributed by atoms with Crippen LogP contribution in [0, 0.1) is 0 Å². The molecule has 2 amide bonds. The normalized spacial score (nSPS) is 11.1. The van der Waals surface area contributed by atoms with E-state index in [4.69, 9.17) is 9.47 Å². The average Bonchev–Trinajstić information content (AvgIpc) is 2.59. The minimum Gasteiger partial charge on any atom is -0.466 e. The van der Waals surface area contributed by atoms with Crippen molar-refractivity contribution in [2.75, 3.05) is 18.5 Å². The van der Waals surface area contributed by atoms with Crippen LogP contribution in [0.3, 0.4) is 0 Å².